The van der Waals surface area contributed by atoms with E-state index in [-0.39, 0.29) is 0 Å². The molecule has 1 aromatic rings. The zero-order valence-corrected chi connectivity index (χ0v) is 22.7. The van der Waals surface area contributed by atoms with Crippen LogP contribution in [-0.4, -0.2) is 11.6 Å². The molecule has 0 heterocycles. The lowest BCUT2D eigenvalue weighted by molar-refractivity contribution is 0.272. The first-order valence-corrected chi connectivity index (χ1v) is 13.0. The zero-order valence-electron chi connectivity index (χ0n) is 20.4. The van der Waals surface area contributed by atoms with Crippen LogP contribution in [0, 0.1) is 5.41 Å². The van der Waals surface area contributed by atoms with Crippen molar-refractivity contribution in [3.05, 3.63) is 52.2 Å². The van der Waals surface area contributed by atoms with E-state index < -0.39 is 0 Å². The quantitative estimate of drug-likeness (QED) is 0.192. The molecule has 0 saturated heterocycles. The van der Waals surface area contributed by atoms with Crippen molar-refractivity contribution in [3.8, 4) is 0 Å². The summed E-state index contributed by atoms with van der Waals surface area (Å²) in [6.07, 6.45) is 10.2. The molecule has 5 heteroatoms. The topological polar surface area (TPSA) is 38.4 Å². The van der Waals surface area contributed by atoms with Gasteiger partial charge in [-0.1, -0.05) is 107 Å². The molecule has 0 amide bonds. The molecule has 1 aromatic carbocycles. The molecule has 0 saturated carbocycles. The Morgan fingerprint density at radius 1 is 1.13 bits per heavy atom. The predicted octanol–water partition coefficient (Wildman–Crippen LogP) is 9.71. The number of nitrogens with zero attached hydrogens (tertiary/aromatic N) is 1. The fourth-order valence-electron chi connectivity index (χ4n) is 2.80. The first-order chi connectivity index (χ1) is 14.7. The molecule has 1 atom stereocenters. The van der Waals surface area contributed by atoms with Crippen LogP contribution < -0.4 is 5.73 Å². The number of unbranched alkanes of at least 4 members (excludes halogenated alkanes) is 1. The van der Waals surface area contributed by atoms with Crippen molar-refractivity contribution in [3.63, 3.8) is 0 Å². The normalized spacial score (nSPS) is 14.0. The Bertz CT molecular complexity index is 728. The molecular formula is C26H42Cl2N2S. The molecule has 0 aliphatic rings. The maximum atomic E-state index is 6.22. The third-order valence-corrected chi connectivity index (χ3v) is 7.37. The van der Waals surface area contributed by atoms with Crippen LogP contribution in [0.25, 0.3) is 0 Å². The Morgan fingerprint density at radius 2 is 1.81 bits per heavy atom. The van der Waals surface area contributed by atoms with Crippen molar-refractivity contribution >= 4 is 40.0 Å². The highest BCUT2D eigenvalue weighted by Crippen LogP contribution is 2.35. The first kappa shape index (κ1) is 30.3. The van der Waals surface area contributed by atoms with Crippen LogP contribution in [0.3, 0.4) is 0 Å². The van der Waals surface area contributed by atoms with E-state index in [1.807, 2.05) is 18.3 Å². The molecule has 0 bridgehead atoms. The summed E-state index contributed by atoms with van der Waals surface area (Å²) in [7, 11) is 0. The van der Waals surface area contributed by atoms with Gasteiger partial charge in [0.05, 0.1) is 10.0 Å². The minimum absolute atomic E-state index is 0.421. The molecule has 0 radical (unpaired) electrons. The first-order valence-electron chi connectivity index (χ1n) is 11.4. The molecule has 31 heavy (non-hydrogen) atoms. The summed E-state index contributed by atoms with van der Waals surface area (Å²) in [6, 6.07) is 5.60. The predicted molar refractivity (Wildman–Crippen MR) is 145 cm³/mol. The molecule has 2 nitrogen and oxygen atoms in total. The zero-order chi connectivity index (χ0) is 23.9. The minimum Gasteiger partial charge on any atom is -0.330 e. The van der Waals surface area contributed by atoms with Gasteiger partial charge >= 0.3 is 0 Å². The third kappa shape index (κ3) is 12.2. The van der Waals surface area contributed by atoms with E-state index in [2.05, 4.69) is 53.1 Å². The maximum absolute atomic E-state index is 6.22. The molecule has 0 aliphatic heterocycles. The number of benzene rings is 1. The molecule has 0 spiro atoms. The van der Waals surface area contributed by atoms with Gasteiger partial charge in [-0.15, -0.1) is 0 Å². The van der Waals surface area contributed by atoms with Gasteiger partial charge in [0.15, 0.2) is 0 Å². The molecule has 0 fully saturated rings. The number of thioether (sulfide) groups is 1. The minimum atomic E-state index is 0.421. The van der Waals surface area contributed by atoms with Crippen molar-refractivity contribution in [1.29, 1.82) is 0 Å². The van der Waals surface area contributed by atoms with Crippen molar-refractivity contribution in [2.75, 3.05) is 6.54 Å². The number of rotatable bonds is 11. The maximum Gasteiger partial charge on any atom is 0.103 e. The lowest BCUT2D eigenvalue weighted by atomic mass is 9.81. The van der Waals surface area contributed by atoms with E-state index in [9.17, 15) is 0 Å². The summed E-state index contributed by atoms with van der Waals surface area (Å²) in [5, 5.41) is 2.00. The van der Waals surface area contributed by atoms with E-state index in [1.54, 1.807) is 6.07 Å². The number of allylic oxidation sites excluding steroid dienone is 1. The second kappa shape index (κ2) is 16.8. The summed E-state index contributed by atoms with van der Waals surface area (Å²) in [4.78, 5) is 5.45. The van der Waals surface area contributed by atoms with Crippen LogP contribution in [0.1, 0.15) is 86.5 Å². The van der Waals surface area contributed by atoms with Crippen LogP contribution in [-0.2, 0) is 0 Å². The van der Waals surface area contributed by atoms with E-state index in [0.717, 1.165) is 34.9 Å². The average Bonchev–Trinajstić information content (AvgIpc) is 2.77. The highest BCUT2D eigenvalue weighted by Gasteiger charge is 2.19. The fraction of sp³-hybridized carbons (Fsp3) is 0.577. The Morgan fingerprint density at radius 3 is 2.32 bits per heavy atom. The van der Waals surface area contributed by atoms with Crippen LogP contribution in [0.5, 0.6) is 0 Å². The van der Waals surface area contributed by atoms with E-state index in [1.165, 1.54) is 49.4 Å². The van der Waals surface area contributed by atoms with E-state index in [0.29, 0.717) is 15.5 Å². The van der Waals surface area contributed by atoms with Crippen LogP contribution in [0.4, 0.5) is 0 Å². The van der Waals surface area contributed by atoms with Crippen LogP contribution in [0.2, 0.25) is 10.0 Å². The summed E-state index contributed by atoms with van der Waals surface area (Å²) < 4.78 is 0. The summed E-state index contributed by atoms with van der Waals surface area (Å²) in [5.41, 5.74) is 8.37. The Kier molecular flexibility index (Phi) is 16.4. The molecule has 1 unspecified atom stereocenters. The van der Waals surface area contributed by atoms with Crippen LogP contribution in [0.15, 0.2) is 52.0 Å². The number of halogens is 2. The van der Waals surface area contributed by atoms with Gasteiger partial charge in [-0.2, -0.15) is 0 Å². The number of aliphatic imine (C=N–C) groups is 1. The smallest absolute Gasteiger partial charge is 0.103 e. The summed E-state index contributed by atoms with van der Waals surface area (Å²) in [5.74, 6) is 0. The van der Waals surface area contributed by atoms with Gasteiger partial charge in [-0.25, -0.2) is 4.99 Å². The largest absolute Gasteiger partial charge is 0.330 e. The lowest BCUT2D eigenvalue weighted by Gasteiger charge is -2.27. The monoisotopic (exact) mass is 484 g/mol. The lowest BCUT2D eigenvalue weighted by Crippen LogP contribution is -2.26. The third-order valence-electron chi connectivity index (χ3n) is 5.29. The van der Waals surface area contributed by atoms with Crippen molar-refractivity contribution in [2.45, 2.75) is 91.4 Å². The van der Waals surface area contributed by atoms with Gasteiger partial charge < -0.3 is 5.73 Å². The summed E-state index contributed by atoms with van der Waals surface area (Å²) in [6.45, 7) is 17.9. The summed E-state index contributed by atoms with van der Waals surface area (Å²) >= 11 is 13.8. The van der Waals surface area contributed by atoms with Gasteiger partial charge in [0.1, 0.15) is 5.04 Å². The Hall–Kier alpha value is -0.740. The molecule has 0 aliphatic carbocycles. The van der Waals surface area contributed by atoms with Gasteiger partial charge in [-0.3, -0.25) is 0 Å². The van der Waals surface area contributed by atoms with Crippen molar-refractivity contribution < 1.29 is 0 Å². The molecule has 1 rings (SSSR count). The molecule has 0 aromatic heterocycles. The number of hydrogen-bond donors (Lipinski definition) is 1. The van der Waals surface area contributed by atoms with Gasteiger partial charge in [0.2, 0.25) is 0 Å². The van der Waals surface area contributed by atoms with Gasteiger partial charge in [0.25, 0.3) is 0 Å². The Balaban J connectivity index is 0.000000695. The SMILES string of the molecule is C=C(CC)C(=N/C=C(/C)CC)Sc1cccc(Cl)c1Cl.CCCCC(C)(CN)CCC. The second-order valence-corrected chi connectivity index (χ2v) is 10.1. The Labute approximate surface area is 205 Å². The number of nitrogens with two attached hydrogens (primary N) is 1. The highest BCUT2D eigenvalue weighted by molar-refractivity contribution is 8.14. The van der Waals surface area contributed by atoms with E-state index in [4.69, 9.17) is 28.9 Å². The number of hydrogen-bond acceptors (Lipinski definition) is 3. The highest BCUT2D eigenvalue weighted by atomic mass is 35.5. The molecule has 2 N–H and O–H groups in total. The van der Waals surface area contributed by atoms with Crippen molar-refractivity contribution in [2.24, 2.45) is 16.1 Å². The van der Waals surface area contributed by atoms with Gasteiger partial charge in [0, 0.05) is 11.1 Å². The molecular weight excluding hydrogens is 443 g/mol. The standard InChI is InChI=1S/C16H19Cl2NS.C10H23N/c1-5-11(3)10-19-16(12(4)6-2)20-14-9-7-8-13(17)15(14)18;1-4-6-8-10(3,9-11)7-5-2/h7-10H,4-6H2,1-3H3;4-9,11H2,1-3H3/b11-10-,19-16?;. The fourth-order valence-corrected chi connectivity index (χ4v) is 4.23. The average molecular weight is 486 g/mol. The van der Waals surface area contributed by atoms with Crippen molar-refractivity contribution in [1.82, 2.24) is 0 Å². The molecule has 176 valence electrons. The second-order valence-electron chi connectivity index (χ2n) is 8.24. The van der Waals surface area contributed by atoms with Crippen LogP contribution >= 0.6 is 35.0 Å². The van der Waals surface area contributed by atoms with E-state index >= 15 is 0 Å². The van der Waals surface area contributed by atoms with Gasteiger partial charge in [-0.05, 0) is 62.3 Å².